The molecule has 0 spiro atoms. The third-order valence-electron chi connectivity index (χ3n) is 1.60. The van der Waals surface area contributed by atoms with Crippen LogP contribution < -0.4 is 57.1 Å². The van der Waals surface area contributed by atoms with Crippen LogP contribution in [0.2, 0.25) is 0 Å². The Hall–Kier alpha value is -0.234. The molecular weight excluding hydrogens is 267 g/mol. The standard InChI is InChI=1S/C6H6N2O6S.K/c7-5-3(8(10)11)1-2-4(9)6(5)15(12,13)14;/h1-2,9H,7H2,(H,12,13,14);/q;+1/p-1. The Morgan fingerprint density at radius 3 is 2.25 bits per heavy atom. The molecule has 0 amide bonds. The maximum absolute atomic E-state index is 10.6. The summed E-state index contributed by atoms with van der Waals surface area (Å²) in [5.41, 5.74) is 3.48. The van der Waals surface area contributed by atoms with Crippen molar-refractivity contribution < 1.29 is 74.4 Å². The molecule has 0 fully saturated rings. The number of benzene rings is 1. The number of anilines is 1. The fourth-order valence-electron chi connectivity index (χ4n) is 1.000. The van der Waals surface area contributed by atoms with Gasteiger partial charge in [0.2, 0.25) is 0 Å². The predicted molar refractivity (Wildman–Crippen MR) is 47.1 cm³/mol. The number of nitrogens with two attached hydrogens (primary N) is 1. The van der Waals surface area contributed by atoms with Crippen molar-refractivity contribution in [2.24, 2.45) is 0 Å². The van der Waals surface area contributed by atoms with Crippen molar-refractivity contribution in [3.63, 3.8) is 0 Å². The Kier molecular flexibility index (Phi) is 5.32. The quantitative estimate of drug-likeness (QED) is 0.189. The second-order valence-electron chi connectivity index (χ2n) is 2.56. The number of nitro benzene ring substituents is 1. The largest absolute Gasteiger partial charge is 1.00 e. The van der Waals surface area contributed by atoms with Crippen molar-refractivity contribution in [3.05, 3.63) is 22.2 Å². The average molecular weight is 272 g/mol. The summed E-state index contributed by atoms with van der Waals surface area (Å²) >= 11 is 0. The van der Waals surface area contributed by atoms with E-state index in [2.05, 4.69) is 0 Å². The zero-order valence-electron chi connectivity index (χ0n) is 8.08. The maximum Gasteiger partial charge on any atom is 1.00 e. The molecular formula is C6H5KN2O6S. The number of nitrogen functional groups attached to an aromatic ring is 1. The number of rotatable bonds is 2. The first-order chi connectivity index (χ1) is 6.75. The molecule has 0 aromatic heterocycles. The van der Waals surface area contributed by atoms with Crippen LogP contribution in [0.3, 0.4) is 0 Å². The molecule has 0 bridgehead atoms. The normalized spacial score (nSPS) is 10.6. The van der Waals surface area contributed by atoms with Gasteiger partial charge in [0, 0.05) is 6.07 Å². The van der Waals surface area contributed by atoms with Crippen LogP contribution in [0.15, 0.2) is 17.0 Å². The van der Waals surface area contributed by atoms with E-state index in [1.54, 1.807) is 0 Å². The van der Waals surface area contributed by atoms with Crippen molar-refractivity contribution >= 4 is 21.5 Å². The number of aromatic hydroxyl groups is 1. The zero-order chi connectivity index (χ0) is 11.8. The number of hydrogen-bond acceptors (Lipinski definition) is 7. The molecule has 0 saturated carbocycles. The Morgan fingerprint density at radius 1 is 1.38 bits per heavy atom. The molecule has 0 atom stereocenters. The van der Waals surface area contributed by atoms with Crippen molar-refractivity contribution in [2.75, 3.05) is 5.73 Å². The van der Waals surface area contributed by atoms with Gasteiger partial charge >= 0.3 is 51.4 Å². The molecule has 0 aliphatic carbocycles. The van der Waals surface area contributed by atoms with Crippen molar-refractivity contribution in [1.82, 2.24) is 0 Å². The van der Waals surface area contributed by atoms with E-state index < -0.39 is 37.1 Å². The predicted octanol–water partition coefficient (Wildman–Crippen LogP) is -3.21. The molecule has 1 aromatic rings. The SMILES string of the molecule is Nc1c([N+](=O)[O-])ccc(O)c1S(=O)(=O)[O-].[K+]. The number of nitro groups is 1. The van der Waals surface area contributed by atoms with Crippen LogP contribution in [0, 0.1) is 10.1 Å². The van der Waals surface area contributed by atoms with Gasteiger partial charge in [-0.05, 0) is 6.07 Å². The van der Waals surface area contributed by atoms with Gasteiger partial charge in [-0.2, -0.15) is 0 Å². The van der Waals surface area contributed by atoms with Gasteiger partial charge in [0.05, 0.1) is 4.92 Å². The number of phenolic OH excluding ortho intramolecular Hbond substituents is 1. The number of hydrogen-bond donors (Lipinski definition) is 2. The minimum absolute atomic E-state index is 0. The average Bonchev–Trinajstić information content (AvgIpc) is 2.00. The Bertz CT molecular complexity index is 528. The molecule has 3 N–H and O–H groups in total. The second-order valence-corrected chi connectivity index (χ2v) is 3.87. The Labute approximate surface area is 133 Å². The summed E-state index contributed by atoms with van der Waals surface area (Å²) in [5.74, 6) is -0.909. The van der Waals surface area contributed by atoms with E-state index in [0.29, 0.717) is 0 Å². The van der Waals surface area contributed by atoms with Crippen LogP contribution >= 0.6 is 0 Å². The van der Waals surface area contributed by atoms with Gasteiger partial charge in [0.15, 0.2) is 0 Å². The van der Waals surface area contributed by atoms with Crippen LogP contribution in [-0.4, -0.2) is 23.0 Å². The van der Waals surface area contributed by atoms with E-state index in [-0.39, 0.29) is 51.4 Å². The van der Waals surface area contributed by atoms with Crippen molar-refractivity contribution in [1.29, 1.82) is 0 Å². The van der Waals surface area contributed by atoms with Gasteiger partial charge in [0.25, 0.3) is 5.69 Å². The molecule has 82 valence electrons. The summed E-state index contributed by atoms with van der Waals surface area (Å²) in [6.45, 7) is 0. The van der Waals surface area contributed by atoms with Gasteiger partial charge in [-0.25, -0.2) is 8.42 Å². The summed E-state index contributed by atoms with van der Waals surface area (Å²) < 4.78 is 31.9. The minimum atomic E-state index is -5.05. The molecule has 10 heteroatoms. The molecule has 0 saturated heterocycles. The molecule has 0 aliphatic heterocycles. The molecule has 1 rings (SSSR count). The zero-order valence-corrected chi connectivity index (χ0v) is 12.0. The van der Waals surface area contributed by atoms with Crippen LogP contribution in [0.1, 0.15) is 0 Å². The first kappa shape index (κ1) is 15.8. The first-order valence-corrected chi connectivity index (χ1v) is 4.87. The molecule has 0 unspecified atom stereocenters. The molecule has 1 aromatic carbocycles. The smallest absolute Gasteiger partial charge is 0.744 e. The van der Waals surface area contributed by atoms with Crippen molar-refractivity contribution in [3.8, 4) is 5.75 Å². The van der Waals surface area contributed by atoms with Crippen LogP contribution in [0.5, 0.6) is 5.75 Å². The Balaban J connectivity index is 0.00000225. The fraction of sp³-hybridized carbons (Fsp3) is 0. The topological polar surface area (TPSA) is 147 Å². The molecule has 8 nitrogen and oxygen atoms in total. The maximum atomic E-state index is 10.6. The van der Waals surface area contributed by atoms with Crippen LogP contribution in [0.4, 0.5) is 11.4 Å². The second kappa shape index (κ2) is 5.40. The monoisotopic (exact) mass is 272 g/mol. The third-order valence-corrected chi connectivity index (χ3v) is 2.53. The van der Waals surface area contributed by atoms with E-state index in [4.69, 9.17) is 10.8 Å². The third kappa shape index (κ3) is 3.13. The van der Waals surface area contributed by atoms with Gasteiger partial charge in [-0.15, -0.1) is 0 Å². The van der Waals surface area contributed by atoms with Gasteiger partial charge in [0.1, 0.15) is 26.5 Å². The molecule has 0 aliphatic rings. The van der Waals surface area contributed by atoms with E-state index >= 15 is 0 Å². The van der Waals surface area contributed by atoms with E-state index in [9.17, 15) is 23.1 Å². The van der Waals surface area contributed by atoms with Crippen LogP contribution in [-0.2, 0) is 10.1 Å². The molecule has 0 heterocycles. The fourth-order valence-corrected chi connectivity index (χ4v) is 1.70. The minimum Gasteiger partial charge on any atom is -0.744 e. The summed E-state index contributed by atoms with van der Waals surface area (Å²) in [4.78, 5) is 8.23. The summed E-state index contributed by atoms with van der Waals surface area (Å²) in [6.07, 6.45) is 0. The number of phenols is 1. The number of nitrogens with zero attached hydrogens (tertiary/aromatic N) is 1. The van der Waals surface area contributed by atoms with Crippen LogP contribution in [0.25, 0.3) is 0 Å². The summed E-state index contributed by atoms with van der Waals surface area (Å²) in [7, 11) is -5.05. The summed E-state index contributed by atoms with van der Waals surface area (Å²) in [6, 6.07) is 1.53. The van der Waals surface area contributed by atoms with E-state index in [0.717, 1.165) is 12.1 Å². The van der Waals surface area contributed by atoms with E-state index in [1.807, 2.05) is 0 Å². The van der Waals surface area contributed by atoms with Gasteiger partial charge in [-0.1, -0.05) is 0 Å². The van der Waals surface area contributed by atoms with Gasteiger partial charge < -0.3 is 15.4 Å². The van der Waals surface area contributed by atoms with E-state index in [1.165, 1.54) is 0 Å². The van der Waals surface area contributed by atoms with Crippen molar-refractivity contribution in [2.45, 2.75) is 4.90 Å². The first-order valence-electron chi connectivity index (χ1n) is 3.47. The summed E-state index contributed by atoms with van der Waals surface area (Å²) in [5, 5.41) is 19.4. The Morgan fingerprint density at radius 2 is 1.88 bits per heavy atom. The molecule has 16 heavy (non-hydrogen) atoms. The molecule has 0 radical (unpaired) electrons. The van der Waals surface area contributed by atoms with Gasteiger partial charge in [-0.3, -0.25) is 10.1 Å².